The van der Waals surface area contributed by atoms with Crippen molar-refractivity contribution in [1.82, 2.24) is 15.5 Å². The zero-order chi connectivity index (χ0) is 18.1. The molecule has 2 rings (SSSR count). The minimum Gasteiger partial charge on any atom is -0.469 e. The van der Waals surface area contributed by atoms with Gasteiger partial charge >= 0.3 is 5.97 Å². The summed E-state index contributed by atoms with van der Waals surface area (Å²) in [5.74, 6) is -0.703. The fourth-order valence-electron chi connectivity index (χ4n) is 2.75. The second-order valence-corrected chi connectivity index (χ2v) is 5.94. The highest BCUT2D eigenvalue weighted by atomic mass is 16.5. The zero-order valence-electron chi connectivity index (χ0n) is 14.5. The Balaban J connectivity index is 2.01. The number of ether oxygens (including phenoxy) is 1. The number of nitrogens with one attached hydrogen (secondary N) is 2. The summed E-state index contributed by atoms with van der Waals surface area (Å²) in [5.41, 5.74) is 0.508. The first-order chi connectivity index (χ1) is 12.1. The van der Waals surface area contributed by atoms with E-state index in [0.717, 1.165) is 13.1 Å². The topological polar surface area (TPSA) is 87.7 Å². The average molecular weight is 347 g/mol. The number of piperazine rings is 1. The standard InChI is InChI=1S/C18H25N3O4/c1-25-16(22)9-5-8-15(18(24)21-12-10-19-11-13-21)20-17(23)14-6-3-2-4-7-14/h2-4,6-7,15,19H,5,8-13H2,1H3,(H,20,23)/t15-/m0/s1. The monoisotopic (exact) mass is 347 g/mol. The number of benzene rings is 1. The molecule has 0 radical (unpaired) electrons. The summed E-state index contributed by atoms with van der Waals surface area (Å²) >= 11 is 0. The number of hydrogen-bond donors (Lipinski definition) is 2. The summed E-state index contributed by atoms with van der Waals surface area (Å²) in [6.45, 7) is 2.72. The molecular weight excluding hydrogens is 322 g/mol. The lowest BCUT2D eigenvalue weighted by Gasteiger charge is -2.31. The van der Waals surface area contributed by atoms with Gasteiger partial charge in [-0.15, -0.1) is 0 Å². The average Bonchev–Trinajstić information content (AvgIpc) is 2.67. The molecule has 0 bridgehead atoms. The van der Waals surface area contributed by atoms with Gasteiger partial charge in [-0.3, -0.25) is 14.4 Å². The Bertz CT molecular complexity index is 585. The van der Waals surface area contributed by atoms with E-state index in [9.17, 15) is 14.4 Å². The fourth-order valence-corrected chi connectivity index (χ4v) is 2.75. The molecule has 0 aromatic heterocycles. The third-order valence-corrected chi connectivity index (χ3v) is 4.17. The minimum absolute atomic E-state index is 0.101. The van der Waals surface area contributed by atoms with Gasteiger partial charge < -0.3 is 20.3 Å². The van der Waals surface area contributed by atoms with E-state index in [1.807, 2.05) is 6.07 Å². The van der Waals surface area contributed by atoms with Crippen molar-refractivity contribution in [3.8, 4) is 0 Å². The van der Waals surface area contributed by atoms with E-state index in [0.29, 0.717) is 31.5 Å². The van der Waals surface area contributed by atoms with Crippen molar-refractivity contribution in [3.05, 3.63) is 35.9 Å². The van der Waals surface area contributed by atoms with Crippen molar-refractivity contribution >= 4 is 17.8 Å². The lowest BCUT2D eigenvalue weighted by molar-refractivity contribution is -0.141. The number of carbonyl (C=O) groups is 3. The largest absolute Gasteiger partial charge is 0.469 e. The number of amides is 2. The van der Waals surface area contributed by atoms with Gasteiger partial charge in [-0.25, -0.2) is 0 Å². The molecule has 0 spiro atoms. The van der Waals surface area contributed by atoms with Crippen LogP contribution in [0.15, 0.2) is 30.3 Å². The minimum atomic E-state index is -0.643. The molecule has 1 aliphatic heterocycles. The Kier molecular flexibility index (Phi) is 7.40. The molecule has 1 aromatic carbocycles. The molecule has 25 heavy (non-hydrogen) atoms. The predicted molar refractivity (Wildman–Crippen MR) is 93.0 cm³/mol. The molecule has 1 heterocycles. The van der Waals surface area contributed by atoms with E-state index in [1.165, 1.54) is 7.11 Å². The number of nitrogens with zero attached hydrogens (tertiary/aromatic N) is 1. The maximum Gasteiger partial charge on any atom is 0.305 e. The van der Waals surface area contributed by atoms with Crippen molar-refractivity contribution in [2.75, 3.05) is 33.3 Å². The van der Waals surface area contributed by atoms with Crippen molar-refractivity contribution < 1.29 is 19.1 Å². The van der Waals surface area contributed by atoms with Crippen LogP contribution in [0.3, 0.4) is 0 Å². The third kappa shape index (κ3) is 5.86. The van der Waals surface area contributed by atoms with E-state index in [2.05, 4.69) is 15.4 Å². The van der Waals surface area contributed by atoms with Crippen LogP contribution in [0.4, 0.5) is 0 Å². The predicted octanol–water partition coefficient (Wildman–Crippen LogP) is 0.560. The van der Waals surface area contributed by atoms with Gasteiger partial charge in [0, 0.05) is 38.2 Å². The Morgan fingerprint density at radius 3 is 2.52 bits per heavy atom. The molecule has 0 unspecified atom stereocenters. The molecule has 136 valence electrons. The van der Waals surface area contributed by atoms with Gasteiger partial charge in [-0.2, -0.15) is 0 Å². The van der Waals surface area contributed by atoms with Gasteiger partial charge in [0.1, 0.15) is 6.04 Å². The highest BCUT2D eigenvalue weighted by Gasteiger charge is 2.27. The molecule has 1 atom stereocenters. The van der Waals surface area contributed by atoms with Gasteiger partial charge in [-0.1, -0.05) is 18.2 Å². The molecule has 1 saturated heterocycles. The number of rotatable bonds is 7. The van der Waals surface area contributed by atoms with Gasteiger partial charge in [-0.05, 0) is 25.0 Å². The highest BCUT2D eigenvalue weighted by molar-refractivity contribution is 5.97. The molecule has 2 N–H and O–H groups in total. The van der Waals surface area contributed by atoms with E-state index in [1.54, 1.807) is 29.2 Å². The number of methoxy groups -OCH3 is 1. The Morgan fingerprint density at radius 2 is 1.88 bits per heavy atom. The van der Waals surface area contributed by atoms with E-state index in [4.69, 9.17) is 0 Å². The molecule has 0 aliphatic carbocycles. The first-order valence-electron chi connectivity index (χ1n) is 8.54. The van der Waals surface area contributed by atoms with Gasteiger partial charge in [0.05, 0.1) is 7.11 Å². The Morgan fingerprint density at radius 1 is 1.20 bits per heavy atom. The number of hydrogen-bond acceptors (Lipinski definition) is 5. The first kappa shape index (κ1) is 18.9. The lowest BCUT2D eigenvalue weighted by Crippen LogP contribution is -2.54. The summed E-state index contributed by atoms with van der Waals surface area (Å²) < 4.78 is 4.63. The summed E-state index contributed by atoms with van der Waals surface area (Å²) in [6.07, 6.45) is 1.10. The van der Waals surface area contributed by atoms with Crippen LogP contribution >= 0.6 is 0 Å². The molecule has 1 aromatic rings. The second kappa shape index (κ2) is 9.78. The number of esters is 1. The van der Waals surface area contributed by atoms with Crippen LogP contribution in [0, 0.1) is 0 Å². The van der Waals surface area contributed by atoms with Gasteiger partial charge in [0.15, 0.2) is 0 Å². The summed E-state index contributed by atoms with van der Waals surface area (Å²) in [7, 11) is 1.34. The molecule has 7 nitrogen and oxygen atoms in total. The molecule has 0 saturated carbocycles. The van der Waals surface area contributed by atoms with Crippen LogP contribution in [-0.2, 0) is 14.3 Å². The first-order valence-corrected chi connectivity index (χ1v) is 8.54. The van der Waals surface area contributed by atoms with Crippen LogP contribution in [0.5, 0.6) is 0 Å². The van der Waals surface area contributed by atoms with Gasteiger partial charge in [0.2, 0.25) is 5.91 Å². The molecular formula is C18H25N3O4. The van der Waals surface area contributed by atoms with Crippen LogP contribution in [0.25, 0.3) is 0 Å². The third-order valence-electron chi connectivity index (χ3n) is 4.17. The van der Waals surface area contributed by atoms with E-state index < -0.39 is 6.04 Å². The van der Waals surface area contributed by atoms with Crippen LogP contribution < -0.4 is 10.6 Å². The molecule has 7 heteroatoms. The van der Waals surface area contributed by atoms with Gasteiger partial charge in [0.25, 0.3) is 5.91 Å². The molecule has 2 amide bonds. The quantitative estimate of drug-likeness (QED) is 0.704. The van der Waals surface area contributed by atoms with E-state index in [-0.39, 0.29) is 24.2 Å². The normalized spacial score (nSPS) is 15.3. The Hall–Kier alpha value is -2.41. The van der Waals surface area contributed by atoms with Crippen molar-refractivity contribution in [1.29, 1.82) is 0 Å². The fraction of sp³-hybridized carbons (Fsp3) is 0.500. The van der Waals surface area contributed by atoms with E-state index >= 15 is 0 Å². The molecule has 1 aliphatic rings. The smallest absolute Gasteiger partial charge is 0.305 e. The Labute approximate surface area is 147 Å². The second-order valence-electron chi connectivity index (χ2n) is 5.94. The number of carbonyl (C=O) groups excluding carboxylic acids is 3. The summed E-state index contributed by atoms with van der Waals surface area (Å²) in [6, 6.07) is 8.15. The molecule has 1 fully saturated rings. The highest BCUT2D eigenvalue weighted by Crippen LogP contribution is 2.09. The van der Waals surface area contributed by atoms with Crippen LogP contribution in [-0.4, -0.2) is 62.0 Å². The van der Waals surface area contributed by atoms with Crippen LogP contribution in [0.1, 0.15) is 29.6 Å². The summed E-state index contributed by atoms with van der Waals surface area (Å²) in [4.78, 5) is 38.2. The lowest BCUT2D eigenvalue weighted by atomic mass is 10.1. The van der Waals surface area contributed by atoms with Crippen LogP contribution in [0.2, 0.25) is 0 Å². The van der Waals surface area contributed by atoms with Crippen molar-refractivity contribution in [2.24, 2.45) is 0 Å². The maximum atomic E-state index is 12.8. The van der Waals surface area contributed by atoms with Crippen molar-refractivity contribution in [2.45, 2.75) is 25.3 Å². The maximum absolute atomic E-state index is 12.8. The SMILES string of the molecule is COC(=O)CCC[C@H](NC(=O)c1ccccc1)C(=O)N1CCNCC1. The van der Waals surface area contributed by atoms with Crippen molar-refractivity contribution in [3.63, 3.8) is 0 Å². The zero-order valence-corrected chi connectivity index (χ0v) is 14.5. The summed E-state index contributed by atoms with van der Waals surface area (Å²) in [5, 5.41) is 6.02.